The minimum absolute atomic E-state index is 0.0882. The van der Waals surface area contributed by atoms with Crippen LogP contribution < -0.4 is 5.32 Å². The lowest BCUT2D eigenvalue weighted by Gasteiger charge is -2.21. The largest absolute Gasteiger partial charge is 0.337 e. The van der Waals surface area contributed by atoms with Gasteiger partial charge in [0, 0.05) is 36.6 Å². The van der Waals surface area contributed by atoms with E-state index in [-0.39, 0.29) is 24.2 Å². The highest BCUT2D eigenvalue weighted by atomic mass is 32.1. The lowest BCUT2D eigenvalue weighted by Crippen LogP contribution is -2.38. The molecular weight excluding hydrogens is 379 g/mol. The molecule has 0 radical (unpaired) electrons. The predicted octanol–water partition coefficient (Wildman–Crippen LogP) is 2.94. The second-order valence-electron chi connectivity index (χ2n) is 6.85. The monoisotopic (exact) mass is 404 g/mol. The fourth-order valence-corrected chi connectivity index (χ4v) is 4.20. The van der Waals surface area contributed by atoms with Crippen molar-refractivity contribution in [3.63, 3.8) is 0 Å². The van der Waals surface area contributed by atoms with Crippen LogP contribution in [0.25, 0.3) is 0 Å². The number of carbonyl (C=O) groups is 2. The molecular formula is C20H25FN4O2S. The van der Waals surface area contributed by atoms with Crippen LogP contribution in [0.4, 0.5) is 9.52 Å². The van der Waals surface area contributed by atoms with Crippen molar-refractivity contribution in [2.45, 2.75) is 26.7 Å². The lowest BCUT2D eigenvalue weighted by molar-refractivity contribution is -0.117. The SMILES string of the molecule is CCc1nc(NC(=O)CN2CCCN(C(=O)c3ccc(F)cc3)CC2)sc1C. The lowest BCUT2D eigenvalue weighted by atomic mass is 10.2. The summed E-state index contributed by atoms with van der Waals surface area (Å²) in [6.45, 7) is 6.87. The molecule has 0 aliphatic carbocycles. The summed E-state index contributed by atoms with van der Waals surface area (Å²) in [6, 6.07) is 5.61. The van der Waals surface area contributed by atoms with Gasteiger partial charge in [0.15, 0.2) is 5.13 Å². The van der Waals surface area contributed by atoms with Gasteiger partial charge in [-0.3, -0.25) is 14.5 Å². The molecule has 1 aromatic carbocycles. The number of anilines is 1. The molecule has 1 saturated heterocycles. The van der Waals surface area contributed by atoms with Crippen molar-refractivity contribution < 1.29 is 14.0 Å². The highest BCUT2D eigenvalue weighted by molar-refractivity contribution is 7.15. The first-order valence-corrected chi connectivity index (χ1v) is 10.3. The summed E-state index contributed by atoms with van der Waals surface area (Å²) in [6.07, 6.45) is 1.64. The van der Waals surface area contributed by atoms with Crippen molar-refractivity contribution in [2.75, 3.05) is 38.0 Å². The number of nitrogens with one attached hydrogen (secondary N) is 1. The molecule has 1 aliphatic heterocycles. The Balaban J connectivity index is 1.52. The van der Waals surface area contributed by atoms with Crippen molar-refractivity contribution in [3.8, 4) is 0 Å². The summed E-state index contributed by atoms with van der Waals surface area (Å²) in [5.41, 5.74) is 1.50. The van der Waals surface area contributed by atoms with Gasteiger partial charge in [-0.2, -0.15) is 0 Å². The summed E-state index contributed by atoms with van der Waals surface area (Å²) in [4.78, 5) is 34.4. The summed E-state index contributed by atoms with van der Waals surface area (Å²) in [7, 11) is 0. The maximum Gasteiger partial charge on any atom is 0.253 e. The zero-order valence-electron chi connectivity index (χ0n) is 16.2. The molecule has 1 N–H and O–H groups in total. The van der Waals surface area contributed by atoms with Crippen LogP contribution in [0.3, 0.4) is 0 Å². The molecule has 1 aliphatic rings. The highest BCUT2D eigenvalue weighted by Crippen LogP contribution is 2.22. The quantitative estimate of drug-likeness (QED) is 0.832. The number of benzene rings is 1. The third-order valence-electron chi connectivity index (χ3n) is 4.81. The molecule has 150 valence electrons. The normalized spacial score (nSPS) is 15.3. The van der Waals surface area contributed by atoms with Crippen molar-refractivity contribution >= 4 is 28.3 Å². The van der Waals surface area contributed by atoms with Crippen molar-refractivity contribution in [2.24, 2.45) is 0 Å². The van der Waals surface area contributed by atoms with E-state index in [0.717, 1.165) is 30.0 Å². The van der Waals surface area contributed by atoms with Crippen LogP contribution >= 0.6 is 11.3 Å². The molecule has 0 spiro atoms. The van der Waals surface area contributed by atoms with Gasteiger partial charge in [-0.25, -0.2) is 9.37 Å². The topological polar surface area (TPSA) is 65.5 Å². The van der Waals surface area contributed by atoms with Gasteiger partial charge >= 0.3 is 0 Å². The number of amides is 2. The number of carbonyl (C=O) groups excluding carboxylic acids is 2. The van der Waals surface area contributed by atoms with Crippen molar-refractivity contribution in [1.29, 1.82) is 0 Å². The zero-order valence-corrected chi connectivity index (χ0v) is 17.0. The number of hydrogen-bond acceptors (Lipinski definition) is 5. The van der Waals surface area contributed by atoms with Gasteiger partial charge in [-0.05, 0) is 44.0 Å². The Morgan fingerprint density at radius 1 is 1.18 bits per heavy atom. The second-order valence-corrected chi connectivity index (χ2v) is 8.06. The van der Waals surface area contributed by atoms with E-state index < -0.39 is 0 Å². The average molecular weight is 405 g/mol. The maximum atomic E-state index is 13.1. The molecule has 0 bridgehead atoms. The summed E-state index contributed by atoms with van der Waals surface area (Å²) in [5, 5.41) is 3.52. The van der Waals surface area contributed by atoms with Gasteiger partial charge in [0.1, 0.15) is 5.82 Å². The first-order chi connectivity index (χ1) is 13.5. The Morgan fingerprint density at radius 3 is 2.61 bits per heavy atom. The van der Waals surface area contributed by atoms with Gasteiger partial charge in [-0.15, -0.1) is 11.3 Å². The van der Waals surface area contributed by atoms with Crippen LogP contribution in [-0.2, 0) is 11.2 Å². The molecule has 2 heterocycles. The molecule has 8 heteroatoms. The van der Waals surface area contributed by atoms with Gasteiger partial charge in [0.05, 0.1) is 12.2 Å². The van der Waals surface area contributed by atoms with E-state index in [4.69, 9.17) is 0 Å². The highest BCUT2D eigenvalue weighted by Gasteiger charge is 2.22. The molecule has 3 rings (SSSR count). The van der Waals surface area contributed by atoms with Crippen LogP contribution in [0, 0.1) is 12.7 Å². The van der Waals surface area contributed by atoms with Crippen LogP contribution in [0.2, 0.25) is 0 Å². The Bertz CT molecular complexity index is 837. The number of rotatable bonds is 5. The maximum absolute atomic E-state index is 13.1. The fourth-order valence-electron chi connectivity index (χ4n) is 3.28. The van der Waals surface area contributed by atoms with E-state index in [1.165, 1.54) is 35.6 Å². The van der Waals surface area contributed by atoms with Crippen molar-refractivity contribution in [3.05, 3.63) is 46.2 Å². The van der Waals surface area contributed by atoms with E-state index in [0.29, 0.717) is 30.3 Å². The Hall–Kier alpha value is -2.32. The first-order valence-electron chi connectivity index (χ1n) is 9.49. The molecule has 6 nitrogen and oxygen atoms in total. The van der Waals surface area contributed by atoms with Crippen LogP contribution in [0.15, 0.2) is 24.3 Å². The minimum Gasteiger partial charge on any atom is -0.337 e. The van der Waals surface area contributed by atoms with Crippen LogP contribution in [-0.4, -0.2) is 59.3 Å². The standard InChI is InChI=1S/C20H25FN4O2S/c1-3-17-14(2)28-20(22-17)23-18(26)13-24-9-4-10-25(12-11-24)19(27)15-5-7-16(21)8-6-15/h5-8H,3-4,9-13H2,1-2H3,(H,22,23,26). The van der Waals surface area contributed by atoms with Gasteiger partial charge in [0.25, 0.3) is 5.91 Å². The van der Waals surface area contributed by atoms with Crippen LogP contribution in [0.5, 0.6) is 0 Å². The fraction of sp³-hybridized carbons (Fsp3) is 0.450. The van der Waals surface area contributed by atoms with Gasteiger partial charge in [0.2, 0.25) is 5.91 Å². The Labute approximate surface area is 168 Å². The number of aryl methyl sites for hydroxylation is 2. The molecule has 1 fully saturated rings. The average Bonchev–Trinajstić information content (AvgIpc) is 2.87. The number of halogens is 1. The second kappa shape index (κ2) is 9.25. The summed E-state index contributed by atoms with van der Waals surface area (Å²) >= 11 is 1.50. The minimum atomic E-state index is -0.355. The van der Waals surface area contributed by atoms with E-state index in [1.807, 2.05) is 13.8 Å². The molecule has 0 atom stereocenters. The number of hydrogen-bond donors (Lipinski definition) is 1. The first kappa shape index (κ1) is 20.4. The van der Waals surface area contributed by atoms with Gasteiger partial charge < -0.3 is 10.2 Å². The molecule has 28 heavy (non-hydrogen) atoms. The molecule has 2 aromatic rings. The zero-order chi connectivity index (χ0) is 20.1. The third-order valence-corrected chi connectivity index (χ3v) is 5.74. The molecule has 0 saturated carbocycles. The van der Waals surface area contributed by atoms with Gasteiger partial charge in [-0.1, -0.05) is 6.92 Å². The van der Waals surface area contributed by atoms with E-state index in [2.05, 4.69) is 15.2 Å². The summed E-state index contributed by atoms with van der Waals surface area (Å²) < 4.78 is 13.1. The Morgan fingerprint density at radius 2 is 1.93 bits per heavy atom. The van der Waals surface area contributed by atoms with E-state index in [9.17, 15) is 14.0 Å². The number of aromatic nitrogens is 1. The smallest absolute Gasteiger partial charge is 0.253 e. The number of nitrogens with zero attached hydrogens (tertiary/aromatic N) is 3. The third kappa shape index (κ3) is 5.14. The Kier molecular flexibility index (Phi) is 6.74. The predicted molar refractivity (Wildman–Crippen MR) is 108 cm³/mol. The molecule has 0 unspecified atom stereocenters. The number of thiazole rings is 1. The van der Waals surface area contributed by atoms with E-state index in [1.54, 1.807) is 4.90 Å². The van der Waals surface area contributed by atoms with Crippen molar-refractivity contribution in [1.82, 2.24) is 14.8 Å². The van der Waals surface area contributed by atoms with E-state index >= 15 is 0 Å². The van der Waals surface area contributed by atoms with Crippen LogP contribution in [0.1, 0.15) is 34.3 Å². The molecule has 2 amide bonds. The molecule has 1 aromatic heterocycles. The summed E-state index contributed by atoms with van der Waals surface area (Å²) in [5.74, 6) is -0.544.